The maximum atomic E-state index is 5.55. The van der Waals surface area contributed by atoms with E-state index < -0.39 is 0 Å². The second kappa shape index (κ2) is 7.45. The van der Waals surface area contributed by atoms with Gasteiger partial charge in [-0.3, -0.25) is 4.68 Å². The van der Waals surface area contributed by atoms with Gasteiger partial charge in [-0.1, -0.05) is 20.8 Å². The highest BCUT2D eigenvalue weighted by Gasteiger charge is 2.04. The van der Waals surface area contributed by atoms with Crippen molar-refractivity contribution in [3.05, 3.63) is 17.5 Å². The molecule has 0 atom stereocenters. The topological polar surface area (TPSA) is 39.1 Å². The predicted octanol–water partition coefficient (Wildman–Crippen LogP) is 1.97. The Hall–Kier alpha value is -0.870. The van der Waals surface area contributed by atoms with E-state index >= 15 is 0 Å². The summed E-state index contributed by atoms with van der Waals surface area (Å²) in [6.07, 6.45) is 2.11. The minimum atomic E-state index is 0.596. The first kappa shape index (κ1) is 14.2. The summed E-state index contributed by atoms with van der Waals surface area (Å²) in [6.45, 7) is 12.8. The Balaban J connectivity index is 2.33. The molecule has 0 bridgehead atoms. The van der Waals surface area contributed by atoms with E-state index in [2.05, 4.69) is 44.3 Å². The maximum Gasteiger partial charge on any atom is 0.0662 e. The van der Waals surface area contributed by atoms with Crippen molar-refractivity contribution in [3.8, 4) is 0 Å². The fraction of sp³-hybridized carbons (Fsp3) is 0.769. The fourth-order valence-electron chi connectivity index (χ4n) is 1.58. The molecular formula is C13H25N3O. The molecule has 1 aromatic rings. The van der Waals surface area contributed by atoms with Gasteiger partial charge >= 0.3 is 0 Å². The molecule has 0 aromatic carbocycles. The molecule has 1 N–H and O–H groups in total. The van der Waals surface area contributed by atoms with Crippen LogP contribution < -0.4 is 5.32 Å². The van der Waals surface area contributed by atoms with Crippen LogP contribution in [0.15, 0.2) is 6.20 Å². The van der Waals surface area contributed by atoms with E-state index in [1.165, 1.54) is 5.56 Å². The number of hydrogen-bond donors (Lipinski definition) is 1. The lowest BCUT2D eigenvalue weighted by Crippen LogP contribution is -2.12. The predicted molar refractivity (Wildman–Crippen MR) is 70.0 cm³/mol. The van der Waals surface area contributed by atoms with Crippen LogP contribution in [0.5, 0.6) is 0 Å². The Bertz CT molecular complexity index is 320. The summed E-state index contributed by atoms with van der Waals surface area (Å²) < 4.78 is 7.53. The summed E-state index contributed by atoms with van der Waals surface area (Å²) in [7, 11) is 0. The quantitative estimate of drug-likeness (QED) is 0.705. The van der Waals surface area contributed by atoms with Crippen LogP contribution in [0.4, 0.5) is 0 Å². The molecule has 98 valence electrons. The van der Waals surface area contributed by atoms with E-state index in [1.807, 2.05) is 4.68 Å². The van der Waals surface area contributed by atoms with Crippen LogP contribution in [-0.4, -0.2) is 29.5 Å². The highest BCUT2D eigenvalue weighted by atomic mass is 16.5. The fourth-order valence-corrected chi connectivity index (χ4v) is 1.58. The molecule has 0 aliphatic rings. The third-order valence-electron chi connectivity index (χ3n) is 2.53. The molecule has 0 fully saturated rings. The van der Waals surface area contributed by atoms with Crippen LogP contribution in [0, 0.1) is 12.8 Å². The highest BCUT2D eigenvalue weighted by molar-refractivity contribution is 5.14. The molecule has 0 radical (unpaired) electrons. The molecule has 4 heteroatoms. The average molecular weight is 239 g/mol. The van der Waals surface area contributed by atoms with E-state index in [-0.39, 0.29) is 0 Å². The van der Waals surface area contributed by atoms with Crippen molar-refractivity contribution in [2.24, 2.45) is 5.92 Å². The lowest BCUT2D eigenvalue weighted by molar-refractivity contribution is 0.101. The SMILES string of the molecule is CCNCc1cn(CCOCC(C)C)nc1C. The first-order valence-electron chi connectivity index (χ1n) is 6.44. The van der Waals surface area contributed by atoms with Gasteiger partial charge in [0.1, 0.15) is 0 Å². The number of aryl methyl sites for hydroxylation is 1. The minimum Gasteiger partial charge on any atom is -0.379 e. The number of aromatic nitrogens is 2. The first-order valence-corrected chi connectivity index (χ1v) is 6.44. The molecule has 17 heavy (non-hydrogen) atoms. The summed E-state index contributed by atoms with van der Waals surface area (Å²) >= 11 is 0. The molecule has 0 spiro atoms. The zero-order valence-corrected chi connectivity index (χ0v) is 11.5. The van der Waals surface area contributed by atoms with Crippen molar-refractivity contribution < 1.29 is 4.74 Å². The number of ether oxygens (including phenoxy) is 1. The summed E-state index contributed by atoms with van der Waals surface area (Å²) in [5.41, 5.74) is 2.38. The molecular weight excluding hydrogens is 214 g/mol. The third-order valence-corrected chi connectivity index (χ3v) is 2.53. The number of rotatable bonds is 8. The van der Waals surface area contributed by atoms with Gasteiger partial charge in [0.05, 0.1) is 18.8 Å². The monoisotopic (exact) mass is 239 g/mol. The van der Waals surface area contributed by atoms with Crippen molar-refractivity contribution in [2.75, 3.05) is 19.8 Å². The summed E-state index contributed by atoms with van der Waals surface area (Å²) in [5, 5.41) is 7.79. The largest absolute Gasteiger partial charge is 0.379 e. The lowest BCUT2D eigenvalue weighted by atomic mass is 10.2. The smallest absolute Gasteiger partial charge is 0.0662 e. The molecule has 0 unspecified atom stereocenters. The van der Waals surface area contributed by atoms with E-state index in [9.17, 15) is 0 Å². The Morgan fingerprint density at radius 1 is 1.47 bits per heavy atom. The molecule has 1 rings (SSSR count). The van der Waals surface area contributed by atoms with Crippen LogP contribution in [0.2, 0.25) is 0 Å². The first-order chi connectivity index (χ1) is 8.13. The van der Waals surface area contributed by atoms with Gasteiger partial charge in [0, 0.05) is 24.9 Å². The van der Waals surface area contributed by atoms with Crippen molar-refractivity contribution in [2.45, 2.75) is 40.8 Å². The van der Waals surface area contributed by atoms with E-state index in [0.29, 0.717) is 5.92 Å². The van der Waals surface area contributed by atoms with Gasteiger partial charge < -0.3 is 10.1 Å². The molecule has 4 nitrogen and oxygen atoms in total. The van der Waals surface area contributed by atoms with Gasteiger partial charge in [-0.05, 0) is 19.4 Å². The highest BCUT2D eigenvalue weighted by Crippen LogP contribution is 2.05. The normalized spacial score (nSPS) is 11.4. The molecule has 0 saturated carbocycles. The molecule has 1 aromatic heterocycles. The van der Waals surface area contributed by atoms with Crippen LogP contribution in [-0.2, 0) is 17.8 Å². The summed E-state index contributed by atoms with van der Waals surface area (Å²) in [4.78, 5) is 0. The zero-order chi connectivity index (χ0) is 12.7. The van der Waals surface area contributed by atoms with Crippen molar-refractivity contribution in [1.82, 2.24) is 15.1 Å². The Morgan fingerprint density at radius 3 is 2.88 bits per heavy atom. The molecule has 0 aliphatic heterocycles. The van der Waals surface area contributed by atoms with Crippen molar-refractivity contribution >= 4 is 0 Å². The van der Waals surface area contributed by atoms with Gasteiger partial charge in [-0.25, -0.2) is 0 Å². The van der Waals surface area contributed by atoms with Crippen molar-refractivity contribution in [1.29, 1.82) is 0 Å². The maximum absolute atomic E-state index is 5.55. The van der Waals surface area contributed by atoms with Gasteiger partial charge in [-0.15, -0.1) is 0 Å². The molecule has 0 amide bonds. The van der Waals surface area contributed by atoms with Crippen LogP contribution in [0.1, 0.15) is 32.0 Å². The molecule has 0 aliphatic carbocycles. The molecule has 0 saturated heterocycles. The lowest BCUT2D eigenvalue weighted by Gasteiger charge is -2.06. The third kappa shape index (κ3) is 5.33. The van der Waals surface area contributed by atoms with Crippen molar-refractivity contribution in [3.63, 3.8) is 0 Å². The zero-order valence-electron chi connectivity index (χ0n) is 11.5. The Labute approximate surface area is 104 Å². The number of nitrogens with one attached hydrogen (secondary N) is 1. The minimum absolute atomic E-state index is 0.596. The Morgan fingerprint density at radius 2 is 2.24 bits per heavy atom. The standard InChI is InChI=1S/C13H25N3O/c1-5-14-8-13-9-16(15-12(13)4)6-7-17-10-11(2)3/h9,11,14H,5-8,10H2,1-4H3. The average Bonchev–Trinajstić information content (AvgIpc) is 2.62. The van der Waals surface area contributed by atoms with Crippen LogP contribution >= 0.6 is 0 Å². The summed E-state index contributed by atoms with van der Waals surface area (Å²) in [5.74, 6) is 0.596. The second-order valence-corrected chi connectivity index (χ2v) is 4.75. The van der Waals surface area contributed by atoms with Gasteiger partial charge in [-0.2, -0.15) is 5.10 Å². The van der Waals surface area contributed by atoms with Gasteiger partial charge in [0.15, 0.2) is 0 Å². The van der Waals surface area contributed by atoms with E-state index in [4.69, 9.17) is 4.74 Å². The van der Waals surface area contributed by atoms with E-state index in [0.717, 1.165) is 38.5 Å². The number of nitrogens with zero attached hydrogens (tertiary/aromatic N) is 2. The second-order valence-electron chi connectivity index (χ2n) is 4.75. The number of hydrogen-bond acceptors (Lipinski definition) is 3. The van der Waals surface area contributed by atoms with Crippen LogP contribution in [0.3, 0.4) is 0 Å². The van der Waals surface area contributed by atoms with E-state index in [1.54, 1.807) is 0 Å². The Kier molecular flexibility index (Phi) is 6.22. The van der Waals surface area contributed by atoms with Gasteiger partial charge in [0.25, 0.3) is 0 Å². The summed E-state index contributed by atoms with van der Waals surface area (Å²) in [6, 6.07) is 0. The van der Waals surface area contributed by atoms with Gasteiger partial charge in [0.2, 0.25) is 0 Å². The molecule has 1 heterocycles. The van der Waals surface area contributed by atoms with Crippen LogP contribution in [0.25, 0.3) is 0 Å².